The van der Waals surface area contributed by atoms with E-state index < -0.39 is 5.82 Å². The molecular formula is C15H17FN2O2. The predicted octanol–water partition coefficient (Wildman–Crippen LogP) is 2.09. The lowest BCUT2D eigenvalue weighted by molar-refractivity contribution is -0.118. The zero-order chi connectivity index (χ0) is 14.5. The van der Waals surface area contributed by atoms with Gasteiger partial charge in [-0.15, -0.1) is 0 Å². The van der Waals surface area contributed by atoms with Crippen molar-refractivity contribution >= 4 is 5.78 Å². The molecule has 0 unspecified atom stereocenters. The minimum atomic E-state index is -0.472. The quantitative estimate of drug-likeness (QED) is 0.849. The Morgan fingerprint density at radius 2 is 2.20 bits per heavy atom. The van der Waals surface area contributed by atoms with Crippen molar-refractivity contribution in [2.24, 2.45) is 0 Å². The predicted molar refractivity (Wildman–Crippen MR) is 72.7 cm³/mol. The van der Waals surface area contributed by atoms with Crippen LogP contribution in [0.25, 0.3) is 0 Å². The third-order valence-corrected chi connectivity index (χ3v) is 3.11. The summed E-state index contributed by atoms with van der Waals surface area (Å²) in [4.78, 5) is 11.8. The summed E-state index contributed by atoms with van der Waals surface area (Å²) < 4.78 is 13.5. The second-order valence-electron chi connectivity index (χ2n) is 4.84. The number of H-pyrrole nitrogens is 1. The van der Waals surface area contributed by atoms with Gasteiger partial charge >= 0.3 is 0 Å². The maximum Gasteiger partial charge on any atom is 0.137 e. The first kappa shape index (κ1) is 14.4. The molecule has 1 heterocycles. The molecule has 1 aromatic heterocycles. The van der Waals surface area contributed by atoms with E-state index in [9.17, 15) is 9.18 Å². The first-order valence-electron chi connectivity index (χ1n) is 6.49. The normalized spacial score (nSPS) is 10.8. The number of hydrogen-bond donors (Lipinski definition) is 2. The number of rotatable bonds is 6. The number of aliphatic hydroxyl groups excluding tert-OH is 1. The van der Waals surface area contributed by atoms with Crippen LogP contribution in [-0.2, 0) is 24.2 Å². The first-order chi connectivity index (χ1) is 9.58. The van der Waals surface area contributed by atoms with Crippen LogP contribution in [0.4, 0.5) is 4.39 Å². The molecular weight excluding hydrogens is 259 g/mol. The Kier molecular flexibility index (Phi) is 4.63. The fourth-order valence-electron chi connectivity index (χ4n) is 2.02. The number of nitrogens with one attached hydrogen (secondary N) is 1. The number of aliphatic hydroxyl groups is 1. The molecule has 20 heavy (non-hydrogen) atoms. The summed E-state index contributed by atoms with van der Waals surface area (Å²) in [5.41, 5.74) is 2.70. The van der Waals surface area contributed by atoms with E-state index in [1.54, 1.807) is 6.07 Å². The molecule has 106 valence electrons. The number of aryl methyl sites for hydroxylation is 2. The molecule has 0 saturated heterocycles. The molecule has 2 rings (SSSR count). The van der Waals surface area contributed by atoms with Crippen LogP contribution >= 0.6 is 0 Å². The second kappa shape index (κ2) is 6.43. The van der Waals surface area contributed by atoms with Gasteiger partial charge in [0.1, 0.15) is 11.6 Å². The van der Waals surface area contributed by atoms with Gasteiger partial charge in [0, 0.05) is 24.1 Å². The summed E-state index contributed by atoms with van der Waals surface area (Å²) in [7, 11) is 0. The Labute approximate surface area is 116 Å². The van der Waals surface area contributed by atoms with Crippen LogP contribution in [0.3, 0.4) is 0 Å². The van der Waals surface area contributed by atoms with Gasteiger partial charge in [0.15, 0.2) is 0 Å². The highest BCUT2D eigenvalue weighted by Gasteiger charge is 2.08. The molecule has 0 fully saturated rings. The van der Waals surface area contributed by atoms with E-state index in [1.807, 2.05) is 13.0 Å². The average molecular weight is 276 g/mol. The lowest BCUT2D eigenvalue weighted by Gasteiger charge is -2.04. The van der Waals surface area contributed by atoms with Gasteiger partial charge in [-0.1, -0.05) is 12.1 Å². The molecule has 0 aliphatic carbocycles. The maximum absolute atomic E-state index is 13.5. The van der Waals surface area contributed by atoms with E-state index in [0.717, 1.165) is 11.4 Å². The summed E-state index contributed by atoms with van der Waals surface area (Å²) in [6.45, 7) is 1.57. The standard InChI is InChI=1S/C15H17FN2O2/c1-10-6-13(18-17-10)4-5-14(20)7-11-2-3-12(9-19)15(16)8-11/h2-3,6,8,19H,4-5,7,9H2,1H3,(H,17,18). The number of ketones is 1. The minimum absolute atomic E-state index is 0.0433. The van der Waals surface area contributed by atoms with Crippen molar-refractivity contribution in [2.75, 3.05) is 0 Å². The Hall–Kier alpha value is -2.01. The molecule has 0 bridgehead atoms. The van der Waals surface area contributed by atoms with Gasteiger partial charge < -0.3 is 5.11 Å². The molecule has 1 aromatic carbocycles. The molecule has 2 aromatic rings. The Bertz CT molecular complexity index is 608. The number of aromatic nitrogens is 2. The highest BCUT2D eigenvalue weighted by Crippen LogP contribution is 2.12. The highest BCUT2D eigenvalue weighted by molar-refractivity contribution is 5.81. The Balaban J connectivity index is 1.89. The number of Topliss-reactive ketones (excluding diaryl/α,β-unsaturated/α-hetero) is 1. The van der Waals surface area contributed by atoms with E-state index in [1.165, 1.54) is 12.1 Å². The molecule has 0 spiro atoms. The molecule has 0 amide bonds. The minimum Gasteiger partial charge on any atom is -0.392 e. The van der Waals surface area contributed by atoms with E-state index in [4.69, 9.17) is 5.11 Å². The van der Waals surface area contributed by atoms with E-state index in [-0.39, 0.29) is 24.4 Å². The second-order valence-corrected chi connectivity index (χ2v) is 4.84. The average Bonchev–Trinajstić information content (AvgIpc) is 2.82. The van der Waals surface area contributed by atoms with E-state index >= 15 is 0 Å². The van der Waals surface area contributed by atoms with Crippen LogP contribution in [0.5, 0.6) is 0 Å². The molecule has 0 aliphatic heterocycles. The number of aromatic amines is 1. The highest BCUT2D eigenvalue weighted by atomic mass is 19.1. The third-order valence-electron chi connectivity index (χ3n) is 3.11. The first-order valence-corrected chi connectivity index (χ1v) is 6.49. The summed E-state index contributed by atoms with van der Waals surface area (Å²) in [6.07, 6.45) is 1.17. The Morgan fingerprint density at radius 1 is 1.40 bits per heavy atom. The van der Waals surface area contributed by atoms with Crippen molar-refractivity contribution in [3.05, 3.63) is 52.6 Å². The van der Waals surface area contributed by atoms with Gasteiger partial charge in [-0.3, -0.25) is 9.89 Å². The maximum atomic E-state index is 13.5. The number of nitrogens with zero attached hydrogens (tertiary/aromatic N) is 1. The van der Waals surface area contributed by atoms with Crippen LogP contribution in [0.1, 0.15) is 28.9 Å². The lowest BCUT2D eigenvalue weighted by Crippen LogP contribution is -2.05. The van der Waals surface area contributed by atoms with Crippen molar-refractivity contribution in [3.8, 4) is 0 Å². The van der Waals surface area contributed by atoms with Gasteiger partial charge in [0.05, 0.1) is 12.3 Å². The van der Waals surface area contributed by atoms with Gasteiger partial charge in [-0.05, 0) is 31.0 Å². The zero-order valence-corrected chi connectivity index (χ0v) is 11.3. The smallest absolute Gasteiger partial charge is 0.137 e. The van der Waals surface area contributed by atoms with Crippen LogP contribution in [0, 0.1) is 12.7 Å². The number of benzene rings is 1. The summed E-state index contributed by atoms with van der Waals surface area (Å²) >= 11 is 0. The fourth-order valence-corrected chi connectivity index (χ4v) is 2.02. The van der Waals surface area contributed by atoms with Crippen molar-refractivity contribution in [2.45, 2.75) is 32.8 Å². The number of hydrogen-bond acceptors (Lipinski definition) is 3. The molecule has 0 radical (unpaired) electrons. The molecule has 0 atom stereocenters. The molecule has 0 saturated carbocycles. The fraction of sp³-hybridized carbons (Fsp3) is 0.333. The van der Waals surface area contributed by atoms with Gasteiger partial charge in [-0.25, -0.2) is 4.39 Å². The van der Waals surface area contributed by atoms with Crippen molar-refractivity contribution in [1.29, 1.82) is 0 Å². The lowest BCUT2D eigenvalue weighted by atomic mass is 10.0. The summed E-state index contributed by atoms with van der Waals surface area (Å²) in [6, 6.07) is 6.39. The van der Waals surface area contributed by atoms with E-state index in [0.29, 0.717) is 18.4 Å². The van der Waals surface area contributed by atoms with Crippen molar-refractivity contribution in [3.63, 3.8) is 0 Å². The monoisotopic (exact) mass is 276 g/mol. The zero-order valence-electron chi connectivity index (χ0n) is 11.3. The number of carbonyl (C=O) groups is 1. The molecule has 4 nitrogen and oxygen atoms in total. The van der Waals surface area contributed by atoms with Crippen LogP contribution in [-0.4, -0.2) is 21.1 Å². The van der Waals surface area contributed by atoms with Gasteiger partial charge in [-0.2, -0.15) is 5.10 Å². The molecule has 5 heteroatoms. The van der Waals surface area contributed by atoms with E-state index in [2.05, 4.69) is 10.2 Å². The van der Waals surface area contributed by atoms with Crippen LogP contribution in [0.2, 0.25) is 0 Å². The number of halogens is 1. The van der Waals surface area contributed by atoms with Crippen molar-refractivity contribution < 1.29 is 14.3 Å². The van der Waals surface area contributed by atoms with Gasteiger partial charge in [0.25, 0.3) is 0 Å². The third kappa shape index (κ3) is 3.74. The van der Waals surface area contributed by atoms with Gasteiger partial charge in [0.2, 0.25) is 0 Å². The Morgan fingerprint density at radius 3 is 2.80 bits per heavy atom. The SMILES string of the molecule is Cc1cc(CCC(=O)Cc2ccc(CO)c(F)c2)n[nH]1. The summed E-state index contributed by atoms with van der Waals surface area (Å²) in [5, 5.41) is 15.8. The largest absolute Gasteiger partial charge is 0.392 e. The summed E-state index contributed by atoms with van der Waals surface area (Å²) in [5.74, 6) is -0.428. The van der Waals surface area contributed by atoms with Crippen LogP contribution in [0.15, 0.2) is 24.3 Å². The molecule has 0 aliphatic rings. The number of carbonyl (C=O) groups excluding carboxylic acids is 1. The molecule has 2 N–H and O–H groups in total. The van der Waals surface area contributed by atoms with Crippen LogP contribution < -0.4 is 0 Å². The van der Waals surface area contributed by atoms with Crippen molar-refractivity contribution in [1.82, 2.24) is 10.2 Å². The topological polar surface area (TPSA) is 66.0 Å².